The average Bonchev–Trinajstić information content (AvgIpc) is 3.38. The first kappa shape index (κ1) is 30.9. The summed E-state index contributed by atoms with van der Waals surface area (Å²) in [5.41, 5.74) is 3.01. The third-order valence-corrected chi connectivity index (χ3v) is 7.99. The molecule has 3 heterocycles. The lowest BCUT2D eigenvalue weighted by molar-refractivity contribution is -0.119. The van der Waals surface area contributed by atoms with Gasteiger partial charge in [-0.2, -0.15) is 10.2 Å². The highest BCUT2D eigenvalue weighted by atomic mass is 35.5. The topological polar surface area (TPSA) is 140 Å². The van der Waals surface area contributed by atoms with E-state index in [1.807, 2.05) is 6.92 Å². The maximum absolute atomic E-state index is 14.7. The molecule has 0 fully saturated rings. The van der Waals surface area contributed by atoms with Gasteiger partial charge < -0.3 is 15.4 Å². The number of hydrogen-bond acceptors (Lipinski definition) is 7. The van der Waals surface area contributed by atoms with Crippen LogP contribution in [0.15, 0.2) is 48.7 Å². The number of carbonyl (C=O) groups is 3. The highest BCUT2D eigenvalue weighted by Gasteiger charge is 2.26. The minimum Gasteiger partial charge on any atom is -0.453 e. The molecule has 0 unspecified atom stereocenters. The Labute approximate surface area is 262 Å². The molecule has 4 aromatic rings. The first-order valence-electron chi connectivity index (χ1n) is 13.7. The third kappa shape index (κ3) is 6.36. The normalized spacial score (nSPS) is 16.5. The number of amides is 3. The minimum absolute atomic E-state index is 0.0609. The van der Waals surface area contributed by atoms with E-state index in [9.17, 15) is 18.8 Å². The Kier molecular flexibility index (Phi) is 9.12. The van der Waals surface area contributed by atoms with Crippen molar-refractivity contribution in [1.29, 1.82) is 0 Å². The summed E-state index contributed by atoms with van der Waals surface area (Å²) in [6.07, 6.45) is 2.24. The van der Waals surface area contributed by atoms with E-state index >= 15 is 0 Å². The Morgan fingerprint density at radius 3 is 2.68 bits per heavy atom. The monoisotopic (exact) mass is 639 g/mol. The molecule has 1 aliphatic rings. The van der Waals surface area contributed by atoms with Crippen LogP contribution in [-0.2, 0) is 9.53 Å². The number of aromatic nitrogens is 4. The van der Waals surface area contributed by atoms with Crippen LogP contribution in [0.25, 0.3) is 16.8 Å². The minimum atomic E-state index is -0.666. The van der Waals surface area contributed by atoms with Crippen LogP contribution in [0.3, 0.4) is 0 Å². The van der Waals surface area contributed by atoms with Crippen LogP contribution in [0.5, 0.6) is 0 Å². The van der Waals surface area contributed by atoms with E-state index < -0.39 is 23.9 Å². The number of methoxy groups -OCH3 is 1. The van der Waals surface area contributed by atoms with Gasteiger partial charge in [-0.25, -0.2) is 13.9 Å². The molecule has 2 aromatic heterocycles. The third-order valence-electron chi connectivity index (χ3n) is 7.42. The summed E-state index contributed by atoms with van der Waals surface area (Å²) in [6.45, 7) is 3.47. The summed E-state index contributed by atoms with van der Waals surface area (Å²) in [7, 11) is 1.25. The maximum Gasteiger partial charge on any atom is 0.411 e. The van der Waals surface area contributed by atoms with E-state index in [0.717, 1.165) is 0 Å². The molecule has 5 rings (SSSR count). The molecule has 2 atom stereocenters. The number of rotatable bonds is 4. The molecule has 0 radical (unpaired) electrons. The molecular weight excluding hydrogens is 612 g/mol. The summed E-state index contributed by atoms with van der Waals surface area (Å²) in [5.74, 6) is -1.69. The second-order valence-corrected chi connectivity index (χ2v) is 11.1. The fourth-order valence-corrected chi connectivity index (χ4v) is 5.32. The number of nitrogens with one attached hydrogen (secondary N) is 3. The van der Waals surface area contributed by atoms with E-state index in [4.69, 9.17) is 23.2 Å². The second kappa shape index (κ2) is 13.0. The molecule has 0 aliphatic carbocycles. The number of fused-ring (bicyclic) bond motifs is 4. The van der Waals surface area contributed by atoms with Gasteiger partial charge in [-0.3, -0.25) is 14.9 Å². The Morgan fingerprint density at radius 1 is 1.11 bits per heavy atom. The first-order chi connectivity index (χ1) is 21.1. The Balaban J connectivity index is 1.51. The molecule has 2 aromatic carbocycles. The predicted octanol–water partition coefficient (Wildman–Crippen LogP) is 6.49. The molecule has 0 spiro atoms. The number of benzene rings is 2. The van der Waals surface area contributed by atoms with Crippen LogP contribution in [0.1, 0.15) is 54.0 Å². The van der Waals surface area contributed by atoms with Crippen molar-refractivity contribution in [2.24, 2.45) is 5.92 Å². The van der Waals surface area contributed by atoms with E-state index in [0.29, 0.717) is 53.2 Å². The smallest absolute Gasteiger partial charge is 0.411 e. The van der Waals surface area contributed by atoms with Gasteiger partial charge in [0.05, 0.1) is 47.0 Å². The molecule has 0 saturated carbocycles. The Morgan fingerprint density at radius 2 is 1.91 bits per heavy atom. The van der Waals surface area contributed by atoms with Crippen molar-refractivity contribution in [2.75, 3.05) is 17.7 Å². The highest BCUT2D eigenvalue weighted by Crippen LogP contribution is 2.37. The molecular formula is C30H28Cl2FN7O4. The number of anilines is 2. The first-order valence-corrected chi connectivity index (χ1v) is 14.5. The largest absolute Gasteiger partial charge is 0.453 e. The fourth-order valence-electron chi connectivity index (χ4n) is 4.96. The summed E-state index contributed by atoms with van der Waals surface area (Å²) in [4.78, 5) is 38.5. The molecule has 2 bridgehead atoms. The van der Waals surface area contributed by atoms with Crippen LogP contribution in [0.4, 0.5) is 20.6 Å². The average molecular weight is 641 g/mol. The molecule has 3 amide bonds. The standard InChI is InChI=1S/C30H28Cl2FN7O4/c1-15-6-4-8-22(36-29(42)20-14-34-40(16(20)2)25-9-5-7-21(31)26(25)33)24-13-19(27(32)39-38-24)18-11-10-17(35-30(43)44-3)12-23(18)37-28(15)41/h5,7,9-15,22H,4,6,8H2,1-3H3,(H,35,43)(H,36,42)(H,37,41)/t15-,22-/m0/s1. The summed E-state index contributed by atoms with van der Waals surface area (Å²) >= 11 is 12.5. The molecule has 228 valence electrons. The fraction of sp³-hybridized carbons (Fsp3) is 0.267. The number of carbonyl (C=O) groups excluding carboxylic acids is 3. The quantitative estimate of drug-likeness (QED) is 0.232. The van der Waals surface area contributed by atoms with E-state index in [1.165, 1.54) is 30.1 Å². The molecule has 14 heteroatoms. The van der Waals surface area contributed by atoms with Crippen LogP contribution >= 0.6 is 23.2 Å². The van der Waals surface area contributed by atoms with Crippen molar-refractivity contribution in [3.05, 3.63) is 81.6 Å². The number of halogens is 3. The Bertz CT molecular complexity index is 1760. The van der Waals surface area contributed by atoms with Gasteiger partial charge >= 0.3 is 6.09 Å². The molecule has 1 aliphatic heterocycles. The number of hydrogen-bond donors (Lipinski definition) is 3. The molecule has 3 N–H and O–H groups in total. The van der Waals surface area contributed by atoms with Gasteiger partial charge in [0.15, 0.2) is 11.0 Å². The van der Waals surface area contributed by atoms with Gasteiger partial charge in [-0.15, -0.1) is 5.10 Å². The molecule has 11 nitrogen and oxygen atoms in total. The van der Waals surface area contributed by atoms with Crippen LogP contribution in [0.2, 0.25) is 10.2 Å². The summed E-state index contributed by atoms with van der Waals surface area (Å²) < 4.78 is 20.7. The lowest BCUT2D eigenvalue weighted by Gasteiger charge is -2.22. The highest BCUT2D eigenvalue weighted by molar-refractivity contribution is 6.32. The maximum atomic E-state index is 14.7. The zero-order valence-corrected chi connectivity index (χ0v) is 25.5. The van der Waals surface area contributed by atoms with Gasteiger partial charge in [-0.1, -0.05) is 48.7 Å². The van der Waals surface area contributed by atoms with Crippen LogP contribution in [-0.4, -0.2) is 45.0 Å². The van der Waals surface area contributed by atoms with Crippen molar-refractivity contribution in [1.82, 2.24) is 25.3 Å². The van der Waals surface area contributed by atoms with Crippen molar-refractivity contribution in [3.8, 4) is 16.8 Å². The zero-order valence-electron chi connectivity index (χ0n) is 24.0. The number of ether oxygens (including phenoxy) is 1. The van der Waals surface area contributed by atoms with Gasteiger partial charge in [0, 0.05) is 22.7 Å². The van der Waals surface area contributed by atoms with Crippen LogP contribution < -0.4 is 16.0 Å². The van der Waals surface area contributed by atoms with Crippen molar-refractivity contribution >= 4 is 52.5 Å². The van der Waals surface area contributed by atoms with Crippen molar-refractivity contribution in [2.45, 2.75) is 39.2 Å². The van der Waals surface area contributed by atoms with Gasteiger partial charge in [0.1, 0.15) is 5.69 Å². The molecule has 0 saturated heterocycles. The number of nitrogens with zero attached hydrogens (tertiary/aromatic N) is 4. The van der Waals surface area contributed by atoms with Crippen LogP contribution in [0, 0.1) is 18.7 Å². The van der Waals surface area contributed by atoms with E-state index in [-0.39, 0.29) is 33.3 Å². The van der Waals surface area contributed by atoms with E-state index in [2.05, 4.69) is 36.0 Å². The van der Waals surface area contributed by atoms with Gasteiger partial charge in [0.25, 0.3) is 5.91 Å². The summed E-state index contributed by atoms with van der Waals surface area (Å²) in [6, 6.07) is 10.6. The molecule has 44 heavy (non-hydrogen) atoms. The lowest BCUT2D eigenvalue weighted by Crippen LogP contribution is -2.30. The van der Waals surface area contributed by atoms with Crippen molar-refractivity contribution in [3.63, 3.8) is 0 Å². The predicted molar refractivity (Wildman–Crippen MR) is 164 cm³/mol. The SMILES string of the molecule is COC(=O)Nc1ccc2c(c1)NC(=O)[C@@H](C)CCC[C@H](NC(=O)c1cnn(-c3cccc(Cl)c3F)c1C)c1cc-2c(Cl)nn1. The van der Waals surface area contributed by atoms with Gasteiger partial charge in [0.2, 0.25) is 5.91 Å². The second-order valence-electron chi connectivity index (χ2n) is 10.3. The van der Waals surface area contributed by atoms with E-state index in [1.54, 1.807) is 37.3 Å². The summed E-state index contributed by atoms with van der Waals surface area (Å²) in [5, 5.41) is 21.2. The zero-order chi connectivity index (χ0) is 31.5. The lowest BCUT2D eigenvalue weighted by atomic mass is 9.95. The van der Waals surface area contributed by atoms with Gasteiger partial charge in [-0.05, 0) is 50.1 Å². The van der Waals surface area contributed by atoms with Crippen molar-refractivity contribution < 1.29 is 23.5 Å². The Hall–Kier alpha value is -4.55.